The second kappa shape index (κ2) is 8.05. The summed E-state index contributed by atoms with van der Waals surface area (Å²) in [4.78, 5) is 0. The molecule has 0 aromatic rings. The summed E-state index contributed by atoms with van der Waals surface area (Å²) in [5.74, 6) is 5.29. The molecule has 1 heterocycles. The number of rotatable bonds is 8. The molecular weight excluding hydrogens is 365 g/mol. The molecule has 1 saturated heterocycles. The van der Waals surface area contributed by atoms with E-state index in [0.717, 1.165) is 0 Å². The van der Waals surface area contributed by atoms with Gasteiger partial charge in [-0.15, -0.1) is 0 Å². The van der Waals surface area contributed by atoms with E-state index in [1.807, 2.05) is 0 Å². The summed E-state index contributed by atoms with van der Waals surface area (Å²) in [6, 6.07) is 0. The monoisotopic (exact) mass is 406 g/mol. The normalized spacial score (nSPS) is 23.7. The van der Waals surface area contributed by atoms with Crippen molar-refractivity contribution in [3.8, 4) is 0 Å². The van der Waals surface area contributed by atoms with Crippen molar-refractivity contribution in [3.05, 3.63) is 0 Å². The van der Waals surface area contributed by atoms with Crippen LogP contribution < -0.4 is 0 Å². The Kier molecular flexibility index (Phi) is 7.69. The molecule has 0 saturated carbocycles. The van der Waals surface area contributed by atoms with E-state index in [0.29, 0.717) is 0 Å². The molecule has 1 aliphatic rings. The molecule has 0 bridgehead atoms. The van der Waals surface area contributed by atoms with Crippen molar-refractivity contribution in [1.29, 1.82) is 0 Å². The molecular formula is C17H38Ge2O. The van der Waals surface area contributed by atoms with E-state index >= 15 is 0 Å². The molecule has 0 spiro atoms. The van der Waals surface area contributed by atoms with E-state index in [1.165, 1.54) is 44.9 Å². The summed E-state index contributed by atoms with van der Waals surface area (Å²) in [6.07, 6.45) is 9.58. The zero-order chi connectivity index (χ0) is 15.3. The van der Waals surface area contributed by atoms with Crippen LogP contribution in [0.3, 0.4) is 0 Å². The van der Waals surface area contributed by atoms with Gasteiger partial charge in [0.15, 0.2) is 0 Å². The Morgan fingerprint density at radius 1 is 0.900 bits per heavy atom. The van der Waals surface area contributed by atoms with Crippen LogP contribution in [0.2, 0.25) is 27.3 Å². The summed E-state index contributed by atoms with van der Waals surface area (Å²) in [5.41, 5.74) is 0.274. The first kappa shape index (κ1) is 19.1. The molecule has 0 amide bonds. The molecule has 0 aliphatic carbocycles. The van der Waals surface area contributed by atoms with Crippen molar-refractivity contribution in [2.75, 3.05) is 0 Å². The minimum atomic E-state index is -2.01. The third-order valence-corrected chi connectivity index (χ3v) is 58.6. The first-order chi connectivity index (χ1) is 9.41. The molecule has 1 nitrogen and oxygen atoms in total. The van der Waals surface area contributed by atoms with Crippen LogP contribution in [0.25, 0.3) is 0 Å². The zero-order valence-corrected chi connectivity index (χ0v) is 19.2. The van der Waals surface area contributed by atoms with Gasteiger partial charge in [0.25, 0.3) is 0 Å². The fourth-order valence-corrected chi connectivity index (χ4v) is 49.0. The van der Waals surface area contributed by atoms with Crippen LogP contribution in [0, 0.1) is 0 Å². The van der Waals surface area contributed by atoms with Crippen molar-refractivity contribution in [3.63, 3.8) is 0 Å². The third kappa shape index (κ3) is 4.07. The molecule has 120 valence electrons. The summed E-state index contributed by atoms with van der Waals surface area (Å²) < 4.78 is 7.04. The Hall–Kier alpha value is 1.05. The first-order valence-corrected chi connectivity index (χ1v) is 25.1. The molecule has 1 aliphatic heterocycles. The fraction of sp³-hybridized carbons (Fsp3) is 1.00. The van der Waals surface area contributed by atoms with E-state index < -0.39 is 22.9 Å². The molecule has 0 N–H and O–H groups in total. The number of hydrogen-bond donors (Lipinski definition) is 0. The van der Waals surface area contributed by atoms with E-state index in [9.17, 15) is 0 Å². The summed E-state index contributed by atoms with van der Waals surface area (Å²) in [6.45, 7) is 9.42. The summed E-state index contributed by atoms with van der Waals surface area (Å²) in [5, 5.41) is 4.87. The topological polar surface area (TPSA) is 9.23 Å². The van der Waals surface area contributed by atoms with Crippen LogP contribution in [0.5, 0.6) is 0 Å². The molecule has 1 rings (SSSR count). The van der Waals surface area contributed by atoms with Gasteiger partial charge >= 0.3 is 132 Å². The molecule has 0 unspecified atom stereocenters. The maximum absolute atomic E-state index is 7.04. The number of unbranched alkanes of at least 4 members (excludes halogenated alkanes) is 2. The van der Waals surface area contributed by atoms with Gasteiger partial charge in [-0.05, 0) is 0 Å². The van der Waals surface area contributed by atoms with Crippen LogP contribution >= 0.6 is 0 Å². The van der Waals surface area contributed by atoms with Gasteiger partial charge < -0.3 is 0 Å². The average molecular weight is 404 g/mol. The Morgan fingerprint density at radius 2 is 1.40 bits per heavy atom. The predicted molar refractivity (Wildman–Crippen MR) is 96.5 cm³/mol. The van der Waals surface area contributed by atoms with Crippen molar-refractivity contribution >= 4 is 22.9 Å². The van der Waals surface area contributed by atoms with Crippen LogP contribution in [-0.4, -0.2) is 28.5 Å². The standard InChI is InChI=1S/C17H38Ge2O/c1-7-11-14-19(15-12-8-2)16-13-17(9-3,10-4)20-18(19,5)6/h7-16H2,1-6H3. The minimum absolute atomic E-state index is 0.274. The van der Waals surface area contributed by atoms with Crippen LogP contribution in [0.15, 0.2) is 0 Å². The van der Waals surface area contributed by atoms with Crippen molar-refractivity contribution in [2.45, 2.75) is 106 Å². The van der Waals surface area contributed by atoms with Gasteiger partial charge in [-0.3, -0.25) is 0 Å². The molecule has 20 heavy (non-hydrogen) atoms. The second-order valence-corrected chi connectivity index (χ2v) is 47.5. The van der Waals surface area contributed by atoms with Gasteiger partial charge in [0, 0.05) is 0 Å². The fourth-order valence-electron chi connectivity index (χ4n) is 4.22. The Balaban J connectivity index is 2.94. The summed E-state index contributed by atoms with van der Waals surface area (Å²) >= 11 is -3.72. The van der Waals surface area contributed by atoms with Crippen LogP contribution in [0.4, 0.5) is 0 Å². The van der Waals surface area contributed by atoms with Crippen molar-refractivity contribution < 1.29 is 3.76 Å². The van der Waals surface area contributed by atoms with Gasteiger partial charge in [-0.25, -0.2) is 0 Å². The van der Waals surface area contributed by atoms with Gasteiger partial charge in [-0.1, -0.05) is 0 Å². The van der Waals surface area contributed by atoms with Gasteiger partial charge in [0.1, 0.15) is 0 Å². The molecule has 0 atom stereocenters. The summed E-state index contributed by atoms with van der Waals surface area (Å²) in [7, 11) is 0. The molecule has 1 fully saturated rings. The van der Waals surface area contributed by atoms with Gasteiger partial charge in [0.2, 0.25) is 0 Å². The third-order valence-electron chi connectivity index (χ3n) is 6.11. The number of hydrogen-bond acceptors (Lipinski definition) is 1. The van der Waals surface area contributed by atoms with Gasteiger partial charge in [-0.2, -0.15) is 0 Å². The molecule has 3 heteroatoms. The van der Waals surface area contributed by atoms with E-state index in [-0.39, 0.29) is 5.60 Å². The Labute approximate surface area is 132 Å². The molecule has 0 radical (unpaired) electrons. The van der Waals surface area contributed by atoms with Crippen LogP contribution in [0.1, 0.15) is 72.6 Å². The van der Waals surface area contributed by atoms with Crippen molar-refractivity contribution in [1.82, 2.24) is 0 Å². The van der Waals surface area contributed by atoms with E-state index in [1.54, 1.807) is 15.8 Å². The Bertz CT molecular complexity index is 277. The predicted octanol–water partition coefficient (Wildman–Crippen LogP) is 6.30. The van der Waals surface area contributed by atoms with E-state index in [2.05, 4.69) is 39.2 Å². The molecule has 0 aromatic carbocycles. The van der Waals surface area contributed by atoms with Gasteiger partial charge in [0.05, 0.1) is 0 Å². The van der Waals surface area contributed by atoms with Crippen molar-refractivity contribution in [2.24, 2.45) is 0 Å². The molecule has 0 aromatic heterocycles. The first-order valence-electron chi connectivity index (χ1n) is 9.11. The average Bonchev–Trinajstić information content (AvgIpc) is 2.44. The quantitative estimate of drug-likeness (QED) is 0.432. The zero-order valence-electron chi connectivity index (χ0n) is 15.0. The Morgan fingerprint density at radius 3 is 1.75 bits per heavy atom. The second-order valence-electron chi connectivity index (χ2n) is 7.49. The maximum atomic E-state index is 7.04. The van der Waals surface area contributed by atoms with Crippen LogP contribution in [-0.2, 0) is 3.76 Å². The van der Waals surface area contributed by atoms with E-state index in [4.69, 9.17) is 3.76 Å². The SMILES string of the molecule is CCC[CH2][Ge]1([CH2]CCC)[CH2]CC(CC)(CC)[O][Ge]1([CH3])[CH3].